The number of carbonyl (C=O) groups excluding carboxylic acids is 1. The van der Waals surface area contributed by atoms with E-state index in [2.05, 4.69) is 19.2 Å². The minimum atomic E-state index is -0.774. The molecule has 2 N–H and O–H groups in total. The number of carbonyl (C=O) groups is 2. The number of carboxylic acid groups (broad SMARTS) is 1. The molecule has 0 aromatic heterocycles. The van der Waals surface area contributed by atoms with Crippen molar-refractivity contribution in [3.05, 3.63) is 0 Å². The molecular formula is C17H29NO3. The van der Waals surface area contributed by atoms with Gasteiger partial charge in [0, 0.05) is 12.5 Å². The normalized spacial score (nSPS) is 31.8. The second-order valence-electron chi connectivity index (χ2n) is 7.40. The minimum Gasteiger partial charge on any atom is -0.481 e. The van der Waals surface area contributed by atoms with E-state index < -0.39 is 5.97 Å². The molecule has 4 nitrogen and oxygen atoms in total. The number of nitrogens with one attached hydrogen (secondary N) is 1. The smallest absolute Gasteiger partial charge is 0.303 e. The molecule has 21 heavy (non-hydrogen) atoms. The SMILES string of the molecule is CC1CCCC(NC(=O)CC2(CC(=O)O)CCCC2)C1C. The van der Waals surface area contributed by atoms with Crippen LogP contribution in [-0.4, -0.2) is 23.0 Å². The number of aliphatic carboxylic acids is 1. The Hall–Kier alpha value is -1.06. The fourth-order valence-electron chi connectivity index (χ4n) is 4.25. The first kappa shape index (κ1) is 16.3. The van der Waals surface area contributed by atoms with Gasteiger partial charge in [-0.15, -0.1) is 0 Å². The summed E-state index contributed by atoms with van der Waals surface area (Å²) in [7, 11) is 0. The van der Waals surface area contributed by atoms with Gasteiger partial charge < -0.3 is 10.4 Å². The Bertz CT molecular complexity index is 387. The van der Waals surface area contributed by atoms with Gasteiger partial charge in [0.2, 0.25) is 5.91 Å². The fraction of sp³-hybridized carbons (Fsp3) is 0.882. The summed E-state index contributed by atoms with van der Waals surface area (Å²) in [5.74, 6) is 0.457. The zero-order valence-corrected chi connectivity index (χ0v) is 13.4. The summed E-state index contributed by atoms with van der Waals surface area (Å²) in [4.78, 5) is 23.5. The van der Waals surface area contributed by atoms with E-state index >= 15 is 0 Å². The average Bonchev–Trinajstić information content (AvgIpc) is 2.82. The van der Waals surface area contributed by atoms with Crippen LogP contribution in [0.2, 0.25) is 0 Å². The lowest BCUT2D eigenvalue weighted by Crippen LogP contribution is -2.45. The Labute approximate surface area is 127 Å². The van der Waals surface area contributed by atoms with Crippen LogP contribution in [0, 0.1) is 17.3 Å². The van der Waals surface area contributed by atoms with E-state index in [1.807, 2.05) is 0 Å². The zero-order valence-electron chi connectivity index (χ0n) is 13.4. The van der Waals surface area contributed by atoms with E-state index in [0.29, 0.717) is 18.3 Å². The summed E-state index contributed by atoms with van der Waals surface area (Å²) in [6, 6.07) is 0.268. The molecule has 0 saturated heterocycles. The van der Waals surface area contributed by atoms with Crippen molar-refractivity contribution in [2.45, 2.75) is 77.7 Å². The van der Waals surface area contributed by atoms with Crippen LogP contribution in [0.1, 0.15) is 71.6 Å². The van der Waals surface area contributed by atoms with Gasteiger partial charge in [0.25, 0.3) is 0 Å². The van der Waals surface area contributed by atoms with Crippen molar-refractivity contribution >= 4 is 11.9 Å². The Kier molecular flexibility index (Phi) is 5.28. The molecule has 2 saturated carbocycles. The van der Waals surface area contributed by atoms with Gasteiger partial charge in [-0.25, -0.2) is 0 Å². The largest absolute Gasteiger partial charge is 0.481 e. The van der Waals surface area contributed by atoms with Gasteiger partial charge in [-0.2, -0.15) is 0 Å². The Balaban J connectivity index is 1.92. The van der Waals surface area contributed by atoms with E-state index in [9.17, 15) is 9.59 Å². The van der Waals surface area contributed by atoms with Crippen LogP contribution < -0.4 is 5.32 Å². The van der Waals surface area contributed by atoms with Crippen molar-refractivity contribution in [2.24, 2.45) is 17.3 Å². The summed E-state index contributed by atoms with van der Waals surface area (Å²) >= 11 is 0. The topological polar surface area (TPSA) is 66.4 Å². The van der Waals surface area contributed by atoms with Crippen molar-refractivity contribution in [1.82, 2.24) is 5.32 Å². The second-order valence-corrected chi connectivity index (χ2v) is 7.40. The number of rotatable bonds is 5. The number of amides is 1. The molecule has 1 amide bonds. The van der Waals surface area contributed by atoms with Crippen molar-refractivity contribution in [3.63, 3.8) is 0 Å². The zero-order chi connectivity index (χ0) is 15.5. The van der Waals surface area contributed by atoms with Crippen molar-refractivity contribution in [2.75, 3.05) is 0 Å². The monoisotopic (exact) mass is 295 g/mol. The highest BCUT2D eigenvalue weighted by Gasteiger charge is 2.39. The first-order chi connectivity index (χ1) is 9.92. The molecule has 4 heteroatoms. The molecule has 3 unspecified atom stereocenters. The molecule has 0 spiro atoms. The van der Waals surface area contributed by atoms with Gasteiger partial charge in [0.1, 0.15) is 0 Å². The first-order valence-electron chi connectivity index (χ1n) is 8.43. The van der Waals surface area contributed by atoms with Crippen LogP contribution in [-0.2, 0) is 9.59 Å². The number of carboxylic acids is 1. The van der Waals surface area contributed by atoms with Crippen LogP contribution >= 0.6 is 0 Å². The standard InChI is InChI=1S/C17H29NO3/c1-12-6-5-7-14(13(12)2)18-15(19)10-17(11-16(20)21)8-3-4-9-17/h12-14H,3-11H2,1-2H3,(H,18,19)(H,20,21). The summed E-state index contributed by atoms with van der Waals surface area (Å²) in [5, 5.41) is 12.3. The Morgan fingerprint density at radius 1 is 1.10 bits per heavy atom. The molecule has 3 atom stereocenters. The minimum absolute atomic E-state index is 0.0594. The molecular weight excluding hydrogens is 266 g/mol. The van der Waals surface area contributed by atoms with E-state index in [4.69, 9.17) is 5.11 Å². The van der Waals surface area contributed by atoms with Gasteiger partial charge in [-0.3, -0.25) is 9.59 Å². The molecule has 0 aromatic carbocycles. The van der Waals surface area contributed by atoms with Gasteiger partial charge in [0.15, 0.2) is 0 Å². The van der Waals surface area contributed by atoms with E-state index in [0.717, 1.165) is 32.1 Å². The molecule has 0 bridgehead atoms. The molecule has 2 aliphatic carbocycles. The highest BCUT2D eigenvalue weighted by atomic mass is 16.4. The highest BCUT2D eigenvalue weighted by Crippen LogP contribution is 2.44. The third-order valence-corrected chi connectivity index (χ3v) is 5.78. The van der Waals surface area contributed by atoms with Crippen LogP contribution in [0.5, 0.6) is 0 Å². The third-order valence-electron chi connectivity index (χ3n) is 5.78. The summed E-state index contributed by atoms with van der Waals surface area (Å²) in [5.41, 5.74) is -0.292. The lowest BCUT2D eigenvalue weighted by Gasteiger charge is -2.35. The average molecular weight is 295 g/mol. The van der Waals surface area contributed by atoms with Crippen LogP contribution in [0.3, 0.4) is 0 Å². The molecule has 2 fully saturated rings. The summed E-state index contributed by atoms with van der Waals surface area (Å²) in [6.45, 7) is 4.48. The quantitative estimate of drug-likeness (QED) is 0.817. The van der Waals surface area contributed by atoms with Gasteiger partial charge >= 0.3 is 5.97 Å². The van der Waals surface area contributed by atoms with Crippen LogP contribution in [0.4, 0.5) is 0 Å². The van der Waals surface area contributed by atoms with E-state index in [-0.39, 0.29) is 23.8 Å². The molecule has 2 aliphatic rings. The van der Waals surface area contributed by atoms with E-state index in [1.165, 1.54) is 12.8 Å². The third kappa shape index (κ3) is 4.21. The molecule has 120 valence electrons. The Morgan fingerprint density at radius 3 is 2.38 bits per heavy atom. The molecule has 0 radical (unpaired) electrons. The number of hydrogen-bond acceptors (Lipinski definition) is 2. The van der Waals surface area contributed by atoms with Crippen molar-refractivity contribution in [3.8, 4) is 0 Å². The van der Waals surface area contributed by atoms with Crippen molar-refractivity contribution < 1.29 is 14.7 Å². The predicted octanol–water partition coefficient (Wildman–Crippen LogP) is 3.35. The molecule has 0 aliphatic heterocycles. The first-order valence-corrected chi connectivity index (χ1v) is 8.43. The van der Waals surface area contributed by atoms with Crippen molar-refractivity contribution in [1.29, 1.82) is 0 Å². The fourth-order valence-corrected chi connectivity index (χ4v) is 4.25. The maximum atomic E-state index is 12.4. The second kappa shape index (κ2) is 6.80. The molecule has 0 aromatic rings. The maximum Gasteiger partial charge on any atom is 0.303 e. The van der Waals surface area contributed by atoms with Crippen LogP contribution in [0.15, 0.2) is 0 Å². The highest BCUT2D eigenvalue weighted by molar-refractivity contribution is 5.78. The molecule has 0 heterocycles. The lowest BCUT2D eigenvalue weighted by molar-refractivity contribution is -0.140. The number of hydrogen-bond donors (Lipinski definition) is 2. The van der Waals surface area contributed by atoms with Gasteiger partial charge in [-0.05, 0) is 36.5 Å². The van der Waals surface area contributed by atoms with E-state index in [1.54, 1.807) is 0 Å². The Morgan fingerprint density at radius 2 is 1.76 bits per heavy atom. The summed E-state index contributed by atoms with van der Waals surface area (Å²) < 4.78 is 0. The summed E-state index contributed by atoms with van der Waals surface area (Å²) in [6.07, 6.45) is 7.87. The van der Waals surface area contributed by atoms with Crippen LogP contribution in [0.25, 0.3) is 0 Å². The maximum absolute atomic E-state index is 12.4. The van der Waals surface area contributed by atoms with Gasteiger partial charge in [-0.1, -0.05) is 39.5 Å². The van der Waals surface area contributed by atoms with Gasteiger partial charge in [0.05, 0.1) is 6.42 Å². The lowest BCUT2D eigenvalue weighted by atomic mass is 9.77. The predicted molar refractivity (Wildman–Crippen MR) is 81.9 cm³/mol. The molecule has 2 rings (SSSR count).